The number of nitrogens with two attached hydrogens (primary N) is 1. The maximum Gasteiger partial charge on any atom is 0.282 e. The van der Waals surface area contributed by atoms with Gasteiger partial charge in [0.15, 0.2) is 12.3 Å². The average molecular weight is 397 g/mol. The fourth-order valence-corrected chi connectivity index (χ4v) is 2.14. The molecule has 0 aliphatic carbocycles. The van der Waals surface area contributed by atoms with E-state index in [1.54, 1.807) is 0 Å². The van der Waals surface area contributed by atoms with E-state index in [2.05, 4.69) is 20.3 Å². The second-order valence-electron chi connectivity index (χ2n) is 5.41. The second-order valence-corrected chi connectivity index (χ2v) is 5.41. The van der Waals surface area contributed by atoms with Gasteiger partial charge in [-0.2, -0.15) is 0 Å². The van der Waals surface area contributed by atoms with Crippen LogP contribution in [-0.2, 0) is 4.74 Å². The van der Waals surface area contributed by atoms with E-state index in [0.29, 0.717) is 0 Å². The summed E-state index contributed by atoms with van der Waals surface area (Å²) in [6.07, 6.45) is -1.47. The van der Waals surface area contributed by atoms with Crippen LogP contribution >= 0.6 is 0 Å². The predicted octanol–water partition coefficient (Wildman–Crippen LogP) is 2.19. The van der Waals surface area contributed by atoms with Gasteiger partial charge in [0.25, 0.3) is 11.9 Å². The highest BCUT2D eigenvalue weighted by Crippen LogP contribution is 2.29. The Labute approximate surface area is 158 Å². The van der Waals surface area contributed by atoms with Gasteiger partial charge in [-0.15, -0.1) is 0 Å². The minimum absolute atomic E-state index is 0.0413. The molecule has 8 nitrogen and oxygen atoms in total. The van der Waals surface area contributed by atoms with Crippen molar-refractivity contribution >= 4 is 17.6 Å². The van der Waals surface area contributed by atoms with Gasteiger partial charge in [-0.25, -0.2) is 28.1 Å². The fraction of sp³-hybridized carbons (Fsp3) is 0.294. The van der Waals surface area contributed by atoms with E-state index in [4.69, 9.17) is 15.2 Å². The molecule has 0 aliphatic heterocycles. The summed E-state index contributed by atoms with van der Waals surface area (Å²) in [5, 5.41) is 2.43. The monoisotopic (exact) mass is 397 g/mol. The lowest BCUT2D eigenvalue weighted by Crippen LogP contribution is -2.30. The molecule has 0 aliphatic rings. The molecule has 28 heavy (non-hydrogen) atoms. The molecule has 0 saturated carbocycles. The first-order valence-corrected chi connectivity index (χ1v) is 7.95. The summed E-state index contributed by atoms with van der Waals surface area (Å²) < 4.78 is 51.5. The SMILES string of the molecule is C/N=C(/N)O[C@H](CF)[C@H](F)c1cc(NC(=O)c2cnc(OC)cn2)ccc1F. The van der Waals surface area contributed by atoms with Crippen molar-refractivity contribution in [2.75, 3.05) is 26.1 Å². The zero-order chi connectivity index (χ0) is 20.7. The Morgan fingerprint density at radius 2 is 2.11 bits per heavy atom. The van der Waals surface area contributed by atoms with E-state index in [9.17, 15) is 18.0 Å². The number of carbonyl (C=O) groups excluding carboxylic acids is 1. The highest BCUT2D eigenvalue weighted by molar-refractivity contribution is 6.02. The molecule has 11 heteroatoms. The molecule has 0 radical (unpaired) electrons. The lowest BCUT2D eigenvalue weighted by molar-refractivity contribution is 0.0632. The van der Waals surface area contributed by atoms with Crippen LogP contribution in [-0.4, -0.2) is 48.8 Å². The number of amides is 1. The van der Waals surface area contributed by atoms with Crippen molar-refractivity contribution in [3.63, 3.8) is 0 Å². The molecule has 1 amide bonds. The second kappa shape index (κ2) is 9.53. The van der Waals surface area contributed by atoms with Crippen molar-refractivity contribution in [1.82, 2.24) is 9.97 Å². The third-order valence-corrected chi connectivity index (χ3v) is 3.59. The summed E-state index contributed by atoms with van der Waals surface area (Å²) in [6, 6.07) is 2.74. The van der Waals surface area contributed by atoms with Crippen LogP contribution in [0.3, 0.4) is 0 Å². The summed E-state index contributed by atoms with van der Waals surface area (Å²) in [6.45, 7) is -1.27. The molecule has 1 aromatic carbocycles. The first-order valence-electron chi connectivity index (χ1n) is 7.95. The quantitative estimate of drug-likeness (QED) is 0.547. The molecule has 0 fully saturated rings. The summed E-state index contributed by atoms with van der Waals surface area (Å²) >= 11 is 0. The summed E-state index contributed by atoms with van der Waals surface area (Å²) in [5.74, 6) is -1.39. The Balaban J connectivity index is 2.20. The number of hydrogen-bond donors (Lipinski definition) is 2. The van der Waals surface area contributed by atoms with E-state index in [1.807, 2.05) is 0 Å². The molecule has 0 saturated heterocycles. The summed E-state index contributed by atoms with van der Waals surface area (Å²) in [5.41, 5.74) is 4.82. The number of nitrogens with zero attached hydrogens (tertiary/aromatic N) is 3. The Kier molecular flexibility index (Phi) is 7.13. The number of aliphatic imine (C=N–C) groups is 1. The molecular weight excluding hydrogens is 379 g/mol. The van der Waals surface area contributed by atoms with E-state index in [1.165, 1.54) is 32.6 Å². The first-order chi connectivity index (χ1) is 13.4. The van der Waals surface area contributed by atoms with E-state index in [-0.39, 0.29) is 17.3 Å². The van der Waals surface area contributed by atoms with Gasteiger partial charge in [-0.1, -0.05) is 0 Å². The van der Waals surface area contributed by atoms with Crippen molar-refractivity contribution in [3.8, 4) is 5.88 Å². The Hall–Kier alpha value is -3.37. The minimum Gasteiger partial charge on any atom is -0.480 e. The smallest absolute Gasteiger partial charge is 0.282 e. The van der Waals surface area contributed by atoms with E-state index in [0.717, 1.165) is 12.1 Å². The van der Waals surface area contributed by atoms with Crippen LogP contribution in [0.4, 0.5) is 18.9 Å². The predicted molar refractivity (Wildman–Crippen MR) is 95.2 cm³/mol. The van der Waals surface area contributed by atoms with Gasteiger partial charge in [0.1, 0.15) is 18.2 Å². The van der Waals surface area contributed by atoms with Crippen molar-refractivity contribution in [3.05, 3.63) is 47.7 Å². The lowest BCUT2D eigenvalue weighted by Gasteiger charge is -2.20. The largest absolute Gasteiger partial charge is 0.480 e. The first kappa shape index (κ1) is 20.9. The van der Waals surface area contributed by atoms with Gasteiger partial charge < -0.3 is 20.5 Å². The highest BCUT2D eigenvalue weighted by Gasteiger charge is 2.28. The minimum atomic E-state index is -2.19. The van der Waals surface area contributed by atoms with Gasteiger partial charge in [0.2, 0.25) is 5.88 Å². The van der Waals surface area contributed by atoms with Gasteiger partial charge >= 0.3 is 0 Å². The number of aromatic nitrogens is 2. The molecule has 2 rings (SSSR count). The van der Waals surface area contributed by atoms with Crippen LogP contribution in [0.15, 0.2) is 35.6 Å². The molecule has 2 aromatic rings. The van der Waals surface area contributed by atoms with Gasteiger partial charge in [0.05, 0.1) is 19.5 Å². The van der Waals surface area contributed by atoms with E-state index >= 15 is 0 Å². The number of methoxy groups -OCH3 is 1. The number of anilines is 1. The molecular formula is C17H18F3N5O3. The molecule has 0 spiro atoms. The number of nitrogens with one attached hydrogen (secondary N) is 1. The lowest BCUT2D eigenvalue weighted by atomic mass is 10.0. The Morgan fingerprint density at radius 1 is 1.36 bits per heavy atom. The number of rotatable bonds is 7. The van der Waals surface area contributed by atoms with Crippen LogP contribution in [0, 0.1) is 5.82 Å². The number of carbonyl (C=O) groups is 1. The number of hydrogen-bond acceptors (Lipinski definition) is 6. The van der Waals surface area contributed by atoms with Crippen LogP contribution in [0.1, 0.15) is 22.2 Å². The van der Waals surface area contributed by atoms with Gasteiger partial charge in [0, 0.05) is 18.3 Å². The number of alkyl halides is 2. The fourth-order valence-electron chi connectivity index (χ4n) is 2.14. The van der Waals surface area contributed by atoms with Crippen LogP contribution in [0.25, 0.3) is 0 Å². The topological polar surface area (TPSA) is 112 Å². The normalized spacial score (nSPS) is 13.5. The molecule has 0 bridgehead atoms. The van der Waals surface area contributed by atoms with E-state index < -0.39 is 42.3 Å². The number of benzene rings is 1. The molecule has 2 atom stereocenters. The van der Waals surface area contributed by atoms with Crippen molar-refractivity contribution < 1.29 is 27.4 Å². The van der Waals surface area contributed by atoms with Crippen LogP contribution in [0.5, 0.6) is 5.88 Å². The Bertz CT molecular complexity index is 848. The van der Waals surface area contributed by atoms with Gasteiger partial charge in [-0.05, 0) is 18.2 Å². The zero-order valence-corrected chi connectivity index (χ0v) is 15.0. The third-order valence-electron chi connectivity index (χ3n) is 3.59. The van der Waals surface area contributed by atoms with Crippen molar-refractivity contribution in [2.45, 2.75) is 12.3 Å². The highest BCUT2D eigenvalue weighted by atomic mass is 19.1. The van der Waals surface area contributed by atoms with Gasteiger partial charge in [-0.3, -0.25) is 4.79 Å². The Morgan fingerprint density at radius 3 is 2.68 bits per heavy atom. The molecule has 0 unspecified atom stereocenters. The van der Waals surface area contributed by atoms with Crippen LogP contribution < -0.4 is 15.8 Å². The zero-order valence-electron chi connectivity index (χ0n) is 15.0. The van der Waals surface area contributed by atoms with Crippen molar-refractivity contribution in [1.29, 1.82) is 0 Å². The molecule has 1 aromatic heterocycles. The van der Waals surface area contributed by atoms with Crippen LogP contribution in [0.2, 0.25) is 0 Å². The third kappa shape index (κ3) is 5.09. The summed E-state index contributed by atoms with van der Waals surface area (Å²) in [7, 11) is 2.67. The molecule has 1 heterocycles. The molecule has 150 valence electrons. The number of ether oxygens (including phenoxy) is 2. The summed E-state index contributed by atoms with van der Waals surface area (Å²) in [4.78, 5) is 23.3. The van der Waals surface area contributed by atoms with Crippen molar-refractivity contribution in [2.24, 2.45) is 10.7 Å². The number of halogens is 3. The molecule has 3 N–H and O–H groups in total. The maximum atomic E-state index is 14.6. The maximum absolute atomic E-state index is 14.6. The average Bonchev–Trinajstić information content (AvgIpc) is 2.72. The number of amidine groups is 1. The standard InChI is InChI=1S/C17H18F3N5O3/c1-22-17(21)28-13(6-18)15(20)10-5-9(3-4-11(10)19)25-16(26)12-7-24-14(27-2)8-23-12/h3-5,7-8,13,15H,6H2,1-2H3,(H2,21,22)(H,25,26)/t13-,15-/m1/s1.